The molecule has 150 valence electrons. The summed E-state index contributed by atoms with van der Waals surface area (Å²) >= 11 is 6.48. The van der Waals surface area contributed by atoms with Crippen LogP contribution in [0.4, 0.5) is 10.5 Å². The molecule has 1 aliphatic rings. The van der Waals surface area contributed by atoms with Gasteiger partial charge in [0, 0.05) is 17.7 Å². The summed E-state index contributed by atoms with van der Waals surface area (Å²) in [6.07, 6.45) is 1.36. The average molecular weight is 437 g/mol. The Labute approximate surface area is 173 Å². The second kappa shape index (κ2) is 8.10. The van der Waals surface area contributed by atoms with Crippen LogP contribution in [-0.4, -0.2) is 40.1 Å². The minimum absolute atomic E-state index is 0.000991. The Morgan fingerprint density at radius 2 is 2.07 bits per heavy atom. The van der Waals surface area contributed by atoms with E-state index in [-0.39, 0.29) is 21.4 Å². The number of thioether (sulfide) groups is 1. The number of nitrogens with zero attached hydrogens (tertiary/aromatic N) is 2. The van der Waals surface area contributed by atoms with Crippen LogP contribution in [0.25, 0.3) is 17.4 Å². The summed E-state index contributed by atoms with van der Waals surface area (Å²) in [5.41, 5.74) is 0.160. The maximum Gasteiger partial charge on any atom is 0.328 e. The molecule has 0 radical (unpaired) electrons. The number of hydrogen-bond donors (Lipinski definition) is 0. The number of esters is 1. The lowest BCUT2D eigenvalue weighted by molar-refractivity contribution is -0.384. The van der Waals surface area contributed by atoms with Gasteiger partial charge in [-0.15, -0.1) is 0 Å². The molecule has 1 saturated heterocycles. The second-order valence-electron chi connectivity index (χ2n) is 5.88. The number of ether oxygens (including phenoxy) is 1. The molecule has 9 nitrogen and oxygen atoms in total. The fraction of sp³-hybridized carbons (Fsp3) is 0.167. The van der Waals surface area contributed by atoms with Gasteiger partial charge in [-0.3, -0.25) is 24.6 Å². The van der Waals surface area contributed by atoms with Crippen molar-refractivity contribution < 1.29 is 28.5 Å². The number of rotatable bonds is 5. The number of nitro groups is 1. The monoisotopic (exact) mass is 436 g/mol. The van der Waals surface area contributed by atoms with Crippen LogP contribution in [0.2, 0.25) is 5.02 Å². The van der Waals surface area contributed by atoms with Gasteiger partial charge < -0.3 is 9.15 Å². The smallest absolute Gasteiger partial charge is 0.328 e. The van der Waals surface area contributed by atoms with Crippen LogP contribution in [0.1, 0.15) is 12.7 Å². The lowest BCUT2D eigenvalue weighted by Crippen LogP contribution is -2.42. The van der Waals surface area contributed by atoms with E-state index in [4.69, 9.17) is 16.0 Å². The molecule has 0 aliphatic carbocycles. The predicted molar refractivity (Wildman–Crippen MR) is 105 cm³/mol. The van der Waals surface area contributed by atoms with Gasteiger partial charge in [0.05, 0.1) is 16.9 Å². The number of furan rings is 1. The first kappa shape index (κ1) is 20.6. The number of halogens is 1. The highest BCUT2D eigenvalue weighted by Crippen LogP contribution is 2.35. The van der Waals surface area contributed by atoms with Gasteiger partial charge in [0.15, 0.2) is 0 Å². The lowest BCUT2D eigenvalue weighted by Gasteiger charge is -2.18. The number of amides is 2. The Hall–Kier alpha value is -3.11. The highest BCUT2D eigenvalue weighted by Gasteiger charge is 2.41. The largest absolute Gasteiger partial charge is 0.467 e. The zero-order valence-electron chi connectivity index (χ0n) is 15.1. The van der Waals surface area contributed by atoms with Gasteiger partial charge in [0.1, 0.15) is 22.6 Å². The van der Waals surface area contributed by atoms with Gasteiger partial charge in [-0.25, -0.2) is 4.79 Å². The van der Waals surface area contributed by atoms with Crippen LogP contribution in [0, 0.1) is 10.1 Å². The molecule has 29 heavy (non-hydrogen) atoms. The van der Waals surface area contributed by atoms with Crippen molar-refractivity contribution in [3.63, 3.8) is 0 Å². The molecule has 1 aromatic carbocycles. The van der Waals surface area contributed by atoms with E-state index in [0.717, 1.165) is 4.90 Å². The van der Waals surface area contributed by atoms with Crippen LogP contribution < -0.4 is 0 Å². The highest BCUT2D eigenvalue weighted by atomic mass is 35.5. The first-order valence-electron chi connectivity index (χ1n) is 8.12. The minimum atomic E-state index is -1.06. The van der Waals surface area contributed by atoms with Gasteiger partial charge >= 0.3 is 5.97 Å². The van der Waals surface area contributed by atoms with E-state index in [1.165, 1.54) is 32.2 Å². The zero-order chi connectivity index (χ0) is 21.3. The summed E-state index contributed by atoms with van der Waals surface area (Å²) in [5, 5.41) is 10.4. The van der Waals surface area contributed by atoms with Crippen LogP contribution in [0.5, 0.6) is 0 Å². The third kappa shape index (κ3) is 4.03. The molecule has 1 aliphatic heterocycles. The predicted octanol–water partition coefficient (Wildman–Crippen LogP) is 4.11. The Balaban J connectivity index is 1.87. The SMILES string of the molecule is COC(=O)[C@@H](C)N1C(=O)S/C(=C\c2ccc(-c3ccc(Cl)c([N+](=O)[O-])c3)o2)C1=O. The van der Waals surface area contributed by atoms with Crippen molar-refractivity contribution in [2.75, 3.05) is 7.11 Å². The third-order valence-corrected chi connectivity index (χ3v) is 5.28. The van der Waals surface area contributed by atoms with E-state index >= 15 is 0 Å². The number of benzene rings is 1. The van der Waals surface area contributed by atoms with E-state index in [0.29, 0.717) is 23.1 Å². The molecule has 1 atom stereocenters. The zero-order valence-corrected chi connectivity index (χ0v) is 16.7. The second-order valence-corrected chi connectivity index (χ2v) is 7.28. The fourth-order valence-electron chi connectivity index (χ4n) is 2.61. The Kier molecular flexibility index (Phi) is 5.76. The first-order valence-corrected chi connectivity index (χ1v) is 9.31. The first-order chi connectivity index (χ1) is 13.7. The van der Waals surface area contributed by atoms with Crippen molar-refractivity contribution in [3.05, 3.63) is 56.1 Å². The molecule has 0 saturated carbocycles. The van der Waals surface area contributed by atoms with E-state index in [2.05, 4.69) is 4.74 Å². The molecule has 0 unspecified atom stereocenters. The number of carbonyl (C=O) groups excluding carboxylic acids is 3. The average Bonchev–Trinajstić information content (AvgIpc) is 3.25. The summed E-state index contributed by atoms with van der Waals surface area (Å²) in [5.74, 6) is -0.775. The summed E-state index contributed by atoms with van der Waals surface area (Å²) in [6, 6.07) is 6.28. The lowest BCUT2D eigenvalue weighted by atomic mass is 10.1. The van der Waals surface area contributed by atoms with Gasteiger partial charge in [-0.2, -0.15) is 0 Å². The van der Waals surface area contributed by atoms with Crippen LogP contribution in [-0.2, 0) is 14.3 Å². The summed E-state index contributed by atoms with van der Waals surface area (Å²) in [6.45, 7) is 1.39. The van der Waals surface area contributed by atoms with E-state index in [1.54, 1.807) is 18.2 Å². The maximum atomic E-state index is 12.5. The van der Waals surface area contributed by atoms with Crippen molar-refractivity contribution in [1.29, 1.82) is 0 Å². The van der Waals surface area contributed by atoms with Crippen molar-refractivity contribution in [2.24, 2.45) is 0 Å². The van der Waals surface area contributed by atoms with Crippen molar-refractivity contribution >= 4 is 52.2 Å². The van der Waals surface area contributed by atoms with E-state index < -0.39 is 28.1 Å². The van der Waals surface area contributed by atoms with Crippen LogP contribution in [0.3, 0.4) is 0 Å². The molecule has 2 amide bonds. The molecule has 11 heteroatoms. The van der Waals surface area contributed by atoms with Gasteiger partial charge in [0.25, 0.3) is 16.8 Å². The summed E-state index contributed by atoms with van der Waals surface area (Å²) in [4.78, 5) is 47.6. The third-order valence-electron chi connectivity index (χ3n) is 4.08. The molecule has 2 aromatic rings. The number of hydrogen-bond acceptors (Lipinski definition) is 8. The van der Waals surface area contributed by atoms with E-state index in [1.807, 2.05) is 0 Å². The van der Waals surface area contributed by atoms with Gasteiger partial charge in [-0.1, -0.05) is 11.6 Å². The van der Waals surface area contributed by atoms with Crippen LogP contribution >= 0.6 is 23.4 Å². The molecule has 1 aromatic heterocycles. The highest BCUT2D eigenvalue weighted by molar-refractivity contribution is 8.18. The molecular weight excluding hydrogens is 424 g/mol. The Morgan fingerprint density at radius 1 is 1.34 bits per heavy atom. The van der Waals surface area contributed by atoms with E-state index in [9.17, 15) is 24.5 Å². The van der Waals surface area contributed by atoms with Gasteiger partial charge in [0.2, 0.25) is 0 Å². The van der Waals surface area contributed by atoms with Crippen molar-refractivity contribution in [3.8, 4) is 11.3 Å². The maximum absolute atomic E-state index is 12.5. The Bertz CT molecular complexity index is 1060. The van der Waals surface area contributed by atoms with Crippen molar-refractivity contribution in [1.82, 2.24) is 4.90 Å². The number of nitro benzene ring substituents is 1. The fourth-order valence-corrected chi connectivity index (χ4v) is 3.69. The molecule has 0 bridgehead atoms. The summed E-state index contributed by atoms with van der Waals surface area (Å²) < 4.78 is 10.2. The molecule has 3 rings (SSSR count). The Morgan fingerprint density at radius 3 is 2.72 bits per heavy atom. The molecule has 0 spiro atoms. The standard InChI is InChI=1S/C18H13ClN2O7S/c1-9(17(23)27-2)20-16(22)15(29-18(20)24)8-11-4-6-14(28-11)10-3-5-12(19)13(7-10)21(25)26/h3-9H,1-2H3/b15-8-/t9-/m1/s1. The number of imide groups is 1. The molecule has 1 fully saturated rings. The van der Waals surface area contributed by atoms with Crippen LogP contribution in [0.15, 0.2) is 39.7 Å². The molecule has 0 N–H and O–H groups in total. The number of methoxy groups -OCH3 is 1. The van der Waals surface area contributed by atoms with Gasteiger partial charge in [-0.05, 0) is 43.0 Å². The molecule has 2 heterocycles. The summed E-state index contributed by atoms with van der Waals surface area (Å²) in [7, 11) is 1.17. The number of carbonyl (C=O) groups is 3. The van der Waals surface area contributed by atoms with Crippen molar-refractivity contribution in [2.45, 2.75) is 13.0 Å². The normalized spacial score (nSPS) is 16.4. The topological polar surface area (TPSA) is 120 Å². The quantitative estimate of drug-likeness (QED) is 0.297. The molecular formula is C18H13ClN2O7S. The minimum Gasteiger partial charge on any atom is -0.467 e.